The molecule has 0 spiro atoms. The van der Waals surface area contributed by atoms with Gasteiger partial charge in [-0.2, -0.15) is 0 Å². The standard InChI is InChI=1S/C27H34N2O6/c1-7-28(8-2)13-14-29-24(20-11-10-19(33-4)16-22(20)35-6)23(26(31)27(29)32)25(30)18-9-12-21(34-5)17(3)15-18/h9-12,15-16,24,30H,7-8,13-14H2,1-6H3/b25-23+/t24-/m0/s1. The number of likely N-dealkylation sites (tertiary alicyclic amines) is 1. The van der Waals surface area contributed by atoms with Gasteiger partial charge in [0, 0.05) is 30.3 Å². The summed E-state index contributed by atoms with van der Waals surface area (Å²) in [6.45, 7) is 8.51. The largest absolute Gasteiger partial charge is 0.507 e. The summed E-state index contributed by atoms with van der Waals surface area (Å²) in [5, 5.41) is 11.3. The summed E-state index contributed by atoms with van der Waals surface area (Å²) in [5.41, 5.74) is 1.86. The molecule has 35 heavy (non-hydrogen) atoms. The number of carbonyl (C=O) groups is 2. The van der Waals surface area contributed by atoms with Crippen molar-refractivity contribution in [3.8, 4) is 17.2 Å². The lowest BCUT2D eigenvalue weighted by atomic mass is 9.94. The molecule has 0 bridgehead atoms. The molecule has 0 aromatic heterocycles. The summed E-state index contributed by atoms with van der Waals surface area (Å²) in [6, 6.07) is 9.55. The zero-order chi connectivity index (χ0) is 25.7. The highest BCUT2D eigenvalue weighted by Crippen LogP contribution is 2.43. The molecule has 1 amide bonds. The first kappa shape index (κ1) is 26.1. The van der Waals surface area contributed by atoms with E-state index < -0.39 is 17.7 Å². The fourth-order valence-corrected chi connectivity index (χ4v) is 4.45. The number of rotatable bonds is 10. The van der Waals surface area contributed by atoms with Gasteiger partial charge < -0.3 is 29.1 Å². The molecule has 0 unspecified atom stereocenters. The molecule has 2 aromatic carbocycles. The minimum atomic E-state index is -0.811. The predicted octanol–water partition coefficient (Wildman–Crippen LogP) is 3.78. The smallest absolute Gasteiger partial charge is 0.295 e. The minimum Gasteiger partial charge on any atom is -0.507 e. The van der Waals surface area contributed by atoms with Crippen LogP contribution in [0.2, 0.25) is 0 Å². The van der Waals surface area contributed by atoms with Crippen molar-refractivity contribution in [3.05, 3.63) is 58.7 Å². The number of benzene rings is 2. The van der Waals surface area contributed by atoms with Crippen LogP contribution in [-0.2, 0) is 9.59 Å². The van der Waals surface area contributed by atoms with Gasteiger partial charge in [-0.25, -0.2) is 0 Å². The van der Waals surface area contributed by atoms with Crippen LogP contribution in [0.5, 0.6) is 17.2 Å². The second kappa shape index (κ2) is 11.3. The number of aryl methyl sites for hydroxylation is 1. The summed E-state index contributed by atoms with van der Waals surface area (Å²) in [7, 11) is 4.64. The number of likely N-dealkylation sites (N-methyl/N-ethyl adjacent to an activating group) is 1. The lowest BCUT2D eigenvalue weighted by molar-refractivity contribution is -0.140. The highest BCUT2D eigenvalue weighted by molar-refractivity contribution is 6.46. The third kappa shape index (κ3) is 5.12. The van der Waals surface area contributed by atoms with Crippen LogP contribution in [0.1, 0.15) is 36.6 Å². The second-order valence-corrected chi connectivity index (χ2v) is 8.31. The number of hydrogen-bond acceptors (Lipinski definition) is 7. The Labute approximate surface area is 206 Å². The van der Waals surface area contributed by atoms with E-state index in [1.54, 1.807) is 50.6 Å². The van der Waals surface area contributed by atoms with Crippen molar-refractivity contribution in [2.75, 3.05) is 47.5 Å². The first-order valence-electron chi connectivity index (χ1n) is 11.7. The number of methoxy groups -OCH3 is 3. The van der Waals surface area contributed by atoms with Gasteiger partial charge in [0.2, 0.25) is 0 Å². The molecule has 1 aliphatic rings. The van der Waals surface area contributed by atoms with Crippen LogP contribution in [0.15, 0.2) is 42.0 Å². The molecule has 0 saturated carbocycles. The van der Waals surface area contributed by atoms with Crippen LogP contribution in [-0.4, -0.2) is 74.1 Å². The van der Waals surface area contributed by atoms with E-state index in [1.165, 1.54) is 12.0 Å². The second-order valence-electron chi connectivity index (χ2n) is 8.31. The molecule has 1 aliphatic heterocycles. The van der Waals surface area contributed by atoms with E-state index in [-0.39, 0.29) is 11.3 Å². The van der Waals surface area contributed by atoms with Crippen LogP contribution in [0.25, 0.3) is 5.76 Å². The van der Waals surface area contributed by atoms with Crippen LogP contribution in [0.4, 0.5) is 0 Å². The molecule has 8 nitrogen and oxygen atoms in total. The average Bonchev–Trinajstić information content (AvgIpc) is 3.13. The molecule has 3 rings (SSSR count). The maximum absolute atomic E-state index is 13.3. The lowest BCUT2D eigenvalue weighted by Crippen LogP contribution is -2.38. The SMILES string of the molecule is CCN(CC)CCN1C(=O)C(=O)/C(=C(/O)c2ccc(OC)c(C)c2)[C@@H]1c1ccc(OC)cc1OC. The van der Waals surface area contributed by atoms with Gasteiger partial charge >= 0.3 is 0 Å². The van der Waals surface area contributed by atoms with Crippen molar-refractivity contribution >= 4 is 17.4 Å². The first-order valence-corrected chi connectivity index (χ1v) is 11.7. The predicted molar refractivity (Wildman–Crippen MR) is 134 cm³/mol. The molecule has 1 saturated heterocycles. The van der Waals surface area contributed by atoms with Gasteiger partial charge in [0.1, 0.15) is 23.0 Å². The summed E-state index contributed by atoms with van der Waals surface area (Å²) in [4.78, 5) is 30.3. The van der Waals surface area contributed by atoms with Crippen LogP contribution in [0, 0.1) is 6.92 Å². The molecular formula is C27H34N2O6. The quantitative estimate of drug-likeness (QED) is 0.313. The zero-order valence-electron chi connectivity index (χ0n) is 21.3. The highest BCUT2D eigenvalue weighted by Gasteiger charge is 2.47. The Kier molecular flexibility index (Phi) is 8.40. The molecule has 8 heteroatoms. The minimum absolute atomic E-state index is 0.0302. The van der Waals surface area contributed by atoms with Crippen molar-refractivity contribution in [1.82, 2.24) is 9.80 Å². The Balaban J connectivity index is 2.19. The molecule has 1 N–H and O–H groups in total. The third-order valence-electron chi connectivity index (χ3n) is 6.50. The van der Waals surface area contributed by atoms with Crippen molar-refractivity contribution in [1.29, 1.82) is 0 Å². The number of carbonyl (C=O) groups excluding carboxylic acids is 2. The normalized spacial score (nSPS) is 17.2. The van der Waals surface area contributed by atoms with Gasteiger partial charge in [0.05, 0.1) is 32.9 Å². The number of hydrogen-bond donors (Lipinski definition) is 1. The van der Waals surface area contributed by atoms with Crippen LogP contribution in [0.3, 0.4) is 0 Å². The maximum Gasteiger partial charge on any atom is 0.295 e. The van der Waals surface area contributed by atoms with Gasteiger partial charge in [-0.3, -0.25) is 9.59 Å². The maximum atomic E-state index is 13.3. The number of ether oxygens (including phenoxy) is 3. The van der Waals surface area contributed by atoms with E-state index in [0.29, 0.717) is 41.5 Å². The van der Waals surface area contributed by atoms with E-state index in [9.17, 15) is 14.7 Å². The average molecular weight is 483 g/mol. The van der Waals surface area contributed by atoms with Gasteiger partial charge in [-0.15, -0.1) is 0 Å². The number of aliphatic hydroxyl groups is 1. The van der Waals surface area contributed by atoms with Gasteiger partial charge in [-0.1, -0.05) is 13.8 Å². The van der Waals surface area contributed by atoms with E-state index in [4.69, 9.17) is 14.2 Å². The Hall–Kier alpha value is -3.52. The van der Waals surface area contributed by atoms with E-state index in [0.717, 1.165) is 18.7 Å². The fraction of sp³-hybridized carbons (Fsp3) is 0.407. The first-order chi connectivity index (χ1) is 16.8. The molecule has 1 fully saturated rings. The molecule has 2 aromatic rings. The molecular weight excluding hydrogens is 448 g/mol. The third-order valence-corrected chi connectivity index (χ3v) is 6.50. The lowest BCUT2D eigenvalue weighted by Gasteiger charge is -2.29. The Morgan fingerprint density at radius 1 is 0.971 bits per heavy atom. The summed E-state index contributed by atoms with van der Waals surface area (Å²) in [6.07, 6.45) is 0. The van der Waals surface area contributed by atoms with Gasteiger partial charge in [0.15, 0.2) is 0 Å². The summed E-state index contributed by atoms with van der Waals surface area (Å²) in [5.74, 6) is 0.0967. The van der Waals surface area contributed by atoms with Crippen LogP contribution >= 0.6 is 0 Å². The van der Waals surface area contributed by atoms with Gasteiger partial charge in [0.25, 0.3) is 11.7 Å². The number of aliphatic hydroxyl groups excluding tert-OH is 1. The molecule has 1 heterocycles. The van der Waals surface area contributed by atoms with Crippen molar-refractivity contribution < 1.29 is 28.9 Å². The van der Waals surface area contributed by atoms with E-state index in [1.807, 2.05) is 20.8 Å². The Bertz CT molecular complexity index is 1120. The number of ketones is 1. The van der Waals surface area contributed by atoms with Gasteiger partial charge in [-0.05, 0) is 55.9 Å². The molecule has 188 valence electrons. The summed E-state index contributed by atoms with van der Waals surface area (Å²) < 4.78 is 16.3. The fourth-order valence-electron chi connectivity index (χ4n) is 4.45. The zero-order valence-corrected chi connectivity index (χ0v) is 21.3. The van der Waals surface area contributed by atoms with Crippen molar-refractivity contribution in [2.45, 2.75) is 26.8 Å². The van der Waals surface area contributed by atoms with Crippen molar-refractivity contribution in [3.63, 3.8) is 0 Å². The molecule has 0 aliphatic carbocycles. The number of Topliss-reactive ketones (excluding diaryl/α,β-unsaturated/α-hetero) is 1. The monoisotopic (exact) mass is 482 g/mol. The summed E-state index contributed by atoms with van der Waals surface area (Å²) >= 11 is 0. The highest BCUT2D eigenvalue weighted by atomic mass is 16.5. The van der Waals surface area contributed by atoms with E-state index >= 15 is 0 Å². The number of nitrogens with zero attached hydrogens (tertiary/aromatic N) is 2. The molecule has 0 radical (unpaired) electrons. The Morgan fingerprint density at radius 3 is 2.23 bits per heavy atom. The van der Waals surface area contributed by atoms with Crippen molar-refractivity contribution in [2.24, 2.45) is 0 Å². The topological polar surface area (TPSA) is 88.5 Å². The van der Waals surface area contributed by atoms with Crippen LogP contribution < -0.4 is 14.2 Å². The molecule has 1 atom stereocenters. The number of amides is 1. The van der Waals surface area contributed by atoms with E-state index in [2.05, 4.69) is 4.90 Å². The Morgan fingerprint density at radius 2 is 1.66 bits per heavy atom.